The lowest BCUT2D eigenvalue weighted by molar-refractivity contribution is 0.0595. The summed E-state index contributed by atoms with van der Waals surface area (Å²) in [4.78, 5) is 11.5. The Morgan fingerprint density at radius 1 is 1.56 bits per heavy atom. The van der Waals surface area contributed by atoms with Crippen LogP contribution in [0.25, 0.3) is 10.9 Å². The van der Waals surface area contributed by atoms with Crippen molar-refractivity contribution in [3.63, 3.8) is 0 Å². The third-order valence-electron chi connectivity index (χ3n) is 2.53. The number of nitrogens with zero attached hydrogens (tertiary/aromatic N) is 2. The Balaban J connectivity index is 2.67. The lowest BCUT2D eigenvalue weighted by atomic mass is 10.1. The van der Waals surface area contributed by atoms with Gasteiger partial charge in [0.25, 0.3) is 0 Å². The molecule has 84 valence electrons. The van der Waals surface area contributed by atoms with Crippen molar-refractivity contribution in [2.24, 2.45) is 12.8 Å². The van der Waals surface area contributed by atoms with Crippen molar-refractivity contribution in [2.75, 3.05) is 7.11 Å². The molecule has 0 aliphatic carbocycles. The lowest BCUT2D eigenvalue weighted by Gasteiger charge is -1.98. The zero-order valence-corrected chi connectivity index (χ0v) is 9.23. The van der Waals surface area contributed by atoms with Crippen LogP contribution in [0.1, 0.15) is 16.1 Å². The predicted octanol–water partition coefficient (Wildman–Crippen LogP) is 0.819. The third kappa shape index (κ3) is 1.55. The zero-order valence-electron chi connectivity index (χ0n) is 9.23. The number of nitrogens with two attached hydrogens (primary N) is 1. The van der Waals surface area contributed by atoms with Crippen LogP contribution in [0.3, 0.4) is 0 Å². The summed E-state index contributed by atoms with van der Waals surface area (Å²) in [5.41, 5.74) is 7.78. The first kappa shape index (κ1) is 10.6. The van der Waals surface area contributed by atoms with Crippen LogP contribution in [0, 0.1) is 0 Å². The van der Waals surface area contributed by atoms with Gasteiger partial charge < -0.3 is 10.5 Å². The normalized spacial score (nSPS) is 10.7. The summed E-state index contributed by atoms with van der Waals surface area (Å²) in [5.74, 6) is -0.425. The molecular weight excluding hydrogens is 206 g/mol. The summed E-state index contributed by atoms with van der Waals surface area (Å²) in [6.07, 6.45) is 0. The van der Waals surface area contributed by atoms with E-state index in [9.17, 15) is 4.79 Å². The van der Waals surface area contributed by atoms with Crippen LogP contribution in [0.4, 0.5) is 0 Å². The van der Waals surface area contributed by atoms with Gasteiger partial charge in [-0.1, -0.05) is 6.07 Å². The number of ether oxygens (including phenoxy) is 1. The second-order valence-electron chi connectivity index (χ2n) is 3.52. The topological polar surface area (TPSA) is 70.1 Å². The summed E-state index contributed by atoms with van der Waals surface area (Å²) in [6, 6.07) is 5.65. The summed E-state index contributed by atoms with van der Waals surface area (Å²) < 4.78 is 6.33. The quantitative estimate of drug-likeness (QED) is 0.759. The summed E-state index contributed by atoms with van der Waals surface area (Å²) in [5, 5.41) is 4.92. The largest absolute Gasteiger partial charge is 0.464 e. The van der Waals surface area contributed by atoms with E-state index in [0.29, 0.717) is 12.2 Å². The molecule has 2 aromatic rings. The molecule has 1 heterocycles. The number of esters is 1. The average molecular weight is 219 g/mol. The Kier molecular flexibility index (Phi) is 2.62. The minimum atomic E-state index is -0.425. The number of fused-ring (bicyclic) bond motifs is 1. The Morgan fingerprint density at radius 2 is 2.31 bits per heavy atom. The maximum atomic E-state index is 11.5. The molecule has 5 heteroatoms. The molecule has 0 aliphatic rings. The zero-order chi connectivity index (χ0) is 11.7. The molecule has 1 aromatic heterocycles. The molecule has 0 radical (unpaired) electrons. The van der Waals surface area contributed by atoms with Crippen LogP contribution in [-0.4, -0.2) is 22.9 Å². The molecule has 0 spiro atoms. The van der Waals surface area contributed by atoms with E-state index in [4.69, 9.17) is 5.73 Å². The molecule has 16 heavy (non-hydrogen) atoms. The maximum Gasteiger partial charge on any atom is 0.359 e. The van der Waals surface area contributed by atoms with Gasteiger partial charge in [0.05, 0.1) is 12.6 Å². The molecular formula is C11H13N3O2. The second kappa shape index (κ2) is 3.94. The molecule has 1 aromatic carbocycles. The third-order valence-corrected chi connectivity index (χ3v) is 2.53. The van der Waals surface area contributed by atoms with Crippen LogP contribution in [0.5, 0.6) is 0 Å². The summed E-state index contributed by atoms with van der Waals surface area (Å²) in [7, 11) is 3.13. The molecule has 0 aliphatic heterocycles. The standard InChI is InChI=1S/C11H13N3O2/c1-14-9-5-7(6-12)3-4-8(9)10(13-14)11(15)16-2/h3-5H,6,12H2,1-2H3. The van der Waals surface area contributed by atoms with E-state index in [1.165, 1.54) is 7.11 Å². The molecule has 0 bridgehead atoms. The van der Waals surface area contributed by atoms with Gasteiger partial charge in [-0.2, -0.15) is 5.10 Å². The van der Waals surface area contributed by atoms with Gasteiger partial charge in [-0.25, -0.2) is 4.79 Å². The van der Waals surface area contributed by atoms with Crippen molar-refractivity contribution in [1.82, 2.24) is 9.78 Å². The van der Waals surface area contributed by atoms with E-state index in [1.54, 1.807) is 11.7 Å². The van der Waals surface area contributed by atoms with E-state index in [2.05, 4.69) is 9.84 Å². The first-order valence-corrected chi connectivity index (χ1v) is 4.91. The fourth-order valence-electron chi connectivity index (χ4n) is 1.68. The van der Waals surface area contributed by atoms with Crippen LogP contribution in [-0.2, 0) is 18.3 Å². The fourth-order valence-corrected chi connectivity index (χ4v) is 1.68. The number of aromatic nitrogens is 2. The fraction of sp³-hybridized carbons (Fsp3) is 0.273. The number of hydrogen-bond donors (Lipinski definition) is 1. The van der Waals surface area contributed by atoms with Gasteiger partial charge in [0.1, 0.15) is 0 Å². The van der Waals surface area contributed by atoms with Crippen molar-refractivity contribution >= 4 is 16.9 Å². The highest BCUT2D eigenvalue weighted by Gasteiger charge is 2.16. The molecule has 0 saturated heterocycles. The van der Waals surface area contributed by atoms with Crippen molar-refractivity contribution in [1.29, 1.82) is 0 Å². The highest BCUT2D eigenvalue weighted by Crippen LogP contribution is 2.20. The van der Waals surface area contributed by atoms with E-state index < -0.39 is 5.97 Å². The van der Waals surface area contributed by atoms with Crippen LogP contribution in [0.15, 0.2) is 18.2 Å². The second-order valence-corrected chi connectivity index (χ2v) is 3.52. The molecule has 0 fully saturated rings. The molecule has 0 amide bonds. The monoisotopic (exact) mass is 219 g/mol. The van der Waals surface area contributed by atoms with E-state index in [1.807, 2.05) is 18.2 Å². The minimum absolute atomic E-state index is 0.337. The number of carbonyl (C=O) groups excluding carboxylic acids is 1. The van der Waals surface area contributed by atoms with Gasteiger partial charge in [0.2, 0.25) is 0 Å². The van der Waals surface area contributed by atoms with Gasteiger partial charge in [0, 0.05) is 19.0 Å². The number of methoxy groups -OCH3 is 1. The van der Waals surface area contributed by atoms with Crippen molar-refractivity contribution < 1.29 is 9.53 Å². The highest BCUT2D eigenvalue weighted by atomic mass is 16.5. The van der Waals surface area contributed by atoms with Gasteiger partial charge >= 0.3 is 5.97 Å². The average Bonchev–Trinajstić information content (AvgIpc) is 2.65. The SMILES string of the molecule is COC(=O)c1nn(C)c2cc(CN)ccc12. The van der Waals surface area contributed by atoms with E-state index in [0.717, 1.165) is 16.5 Å². The first-order chi connectivity index (χ1) is 7.67. The van der Waals surface area contributed by atoms with Crippen LogP contribution >= 0.6 is 0 Å². The van der Waals surface area contributed by atoms with E-state index in [-0.39, 0.29) is 0 Å². The van der Waals surface area contributed by atoms with Crippen molar-refractivity contribution in [2.45, 2.75) is 6.54 Å². The van der Waals surface area contributed by atoms with Crippen molar-refractivity contribution in [3.05, 3.63) is 29.5 Å². The smallest absolute Gasteiger partial charge is 0.359 e. The molecule has 2 N–H and O–H groups in total. The Bertz CT molecular complexity index is 545. The van der Waals surface area contributed by atoms with Gasteiger partial charge in [-0.05, 0) is 17.7 Å². The number of benzene rings is 1. The van der Waals surface area contributed by atoms with Gasteiger partial charge in [-0.3, -0.25) is 4.68 Å². The predicted molar refractivity (Wildman–Crippen MR) is 59.9 cm³/mol. The van der Waals surface area contributed by atoms with Crippen LogP contribution < -0.4 is 5.73 Å². The Hall–Kier alpha value is -1.88. The number of aryl methyl sites for hydroxylation is 1. The van der Waals surface area contributed by atoms with Crippen LogP contribution in [0.2, 0.25) is 0 Å². The molecule has 5 nitrogen and oxygen atoms in total. The summed E-state index contributed by atoms with van der Waals surface area (Å²) >= 11 is 0. The van der Waals surface area contributed by atoms with E-state index >= 15 is 0 Å². The summed E-state index contributed by atoms with van der Waals surface area (Å²) in [6.45, 7) is 0.467. The number of rotatable bonds is 2. The highest BCUT2D eigenvalue weighted by molar-refractivity contribution is 6.02. The molecule has 0 saturated carbocycles. The first-order valence-electron chi connectivity index (χ1n) is 4.91. The molecule has 2 rings (SSSR count). The lowest BCUT2D eigenvalue weighted by Crippen LogP contribution is -2.03. The molecule has 0 atom stereocenters. The minimum Gasteiger partial charge on any atom is -0.464 e. The Labute approximate surface area is 92.8 Å². The maximum absolute atomic E-state index is 11.5. The Morgan fingerprint density at radius 3 is 2.94 bits per heavy atom. The number of carbonyl (C=O) groups is 1. The van der Waals surface area contributed by atoms with Crippen molar-refractivity contribution in [3.8, 4) is 0 Å². The molecule has 0 unspecified atom stereocenters. The van der Waals surface area contributed by atoms with Gasteiger partial charge in [-0.15, -0.1) is 0 Å². The number of hydrogen-bond acceptors (Lipinski definition) is 4. The van der Waals surface area contributed by atoms with Gasteiger partial charge in [0.15, 0.2) is 5.69 Å².